The van der Waals surface area contributed by atoms with Crippen LogP contribution in [0.2, 0.25) is 0 Å². The normalized spacial score (nSPS) is 10.7. The van der Waals surface area contributed by atoms with Gasteiger partial charge in [-0.2, -0.15) is 0 Å². The summed E-state index contributed by atoms with van der Waals surface area (Å²) in [6.07, 6.45) is -3.01. The standard InChI is InChI=1S/C9H8F2INO2/c1-4-2-6(9(10)11)13-5(8(4)12)3-7(14)15/h2,9H,3H2,1H3,(H,14,15). The molecule has 0 fully saturated rings. The Hall–Kier alpha value is -0.790. The lowest BCUT2D eigenvalue weighted by Gasteiger charge is -2.07. The zero-order valence-corrected chi connectivity index (χ0v) is 9.96. The number of aromatic nitrogens is 1. The molecule has 0 unspecified atom stereocenters. The van der Waals surface area contributed by atoms with Crippen molar-refractivity contribution in [3.8, 4) is 0 Å². The Morgan fingerprint density at radius 2 is 2.27 bits per heavy atom. The SMILES string of the molecule is Cc1cc(C(F)F)nc(CC(=O)O)c1I. The maximum absolute atomic E-state index is 12.4. The molecule has 1 aromatic rings. The van der Waals surface area contributed by atoms with Crippen molar-refractivity contribution >= 4 is 28.6 Å². The number of pyridine rings is 1. The van der Waals surface area contributed by atoms with E-state index in [4.69, 9.17) is 5.11 Å². The number of hydrogen-bond acceptors (Lipinski definition) is 2. The van der Waals surface area contributed by atoms with Crippen LogP contribution in [-0.2, 0) is 11.2 Å². The van der Waals surface area contributed by atoms with E-state index in [2.05, 4.69) is 4.98 Å². The van der Waals surface area contributed by atoms with Gasteiger partial charge < -0.3 is 5.11 Å². The first-order valence-corrected chi connectivity index (χ1v) is 5.15. The van der Waals surface area contributed by atoms with Gasteiger partial charge >= 0.3 is 5.97 Å². The Morgan fingerprint density at radius 3 is 2.73 bits per heavy atom. The molecule has 0 radical (unpaired) electrons. The van der Waals surface area contributed by atoms with Gasteiger partial charge in [-0.3, -0.25) is 9.78 Å². The lowest BCUT2D eigenvalue weighted by molar-refractivity contribution is -0.136. The highest BCUT2D eigenvalue weighted by Gasteiger charge is 2.15. The van der Waals surface area contributed by atoms with Gasteiger partial charge in [0.05, 0.1) is 12.1 Å². The molecule has 0 aromatic carbocycles. The average Bonchev–Trinajstić information content (AvgIpc) is 2.11. The van der Waals surface area contributed by atoms with Crippen LogP contribution in [0.15, 0.2) is 6.07 Å². The van der Waals surface area contributed by atoms with Crippen LogP contribution in [0.3, 0.4) is 0 Å². The second-order valence-electron chi connectivity index (χ2n) is 3.00. The van der Waals surface area contributed by atoms with Gasteiger partial charge in [-0.1, -0.05) is 0 Å². The van der Waals surface area contributed by atoms with Crippen LogP contribution in [0.25, 0.3) is 0 Å². The second kappa shape index (κ2) is 4.82. The summed E-state index contributed by atoms with van der Waals surface area (Å²) in [6, 6.07) is 1.28. The van der Waals surface area contributed by atoms with E-state index in [9.17, 15) is 13.6 Å². The topological polar surface area (TPSA) is 50.2 Å². The summed E-state index contributed by atoms with van der Waals surface area (Å²) in [7, 11) is 0. The molecule has 1 aromatic heterocycles. The number of nitrogens with zero attached hydrogens (tertiary/aromatic N) is 1. The Labute approximate surface area is 98.7 Å². The van der Waals surface area contributed by atoms with E-state index >= 15 is 0 Å². The average molecular weight is 327 g/mol. The van der Waals surface area contributed by atoms with E-state index in [0.717, 1.165) is 0 Å². The van der Waals surface area contributed by atoms with Crippen molar-refractivity contribution in [1.82, 2.24) is 4.98 Å². The Balaban J connectivity index is 3.18. The van der Waals surface area contributed by atoms with Gasteiger partial charge in [-0.05, 0) is 41.1 Å². The molecule has 0 saturated heterocycles. The highest BCUT2D eigenvalue weighted by Crippen LogP contribution is 2.23. The molecule has 1 N–H and O–H groups in total. The van der Waals surface area contributed by atoms with Gasteiger partial charge in [-0.15, -0.1) is 0 Å². The van der Waals surface area contributed by atoms with Crippen LogP contribution >= 0.6 is 22.6 Å². The largest absolute Gasteiger partial charge is 0.481 e. The zero-order chi connectivity index (χ0) is 11.6. The Morgan fingerprint density at radius 1 is 1.67 bits per heavy atom. The van der Waals surface area contributed by atoms with Gasteiger partial charge in [0.2, 0.25) is 0 Å². The molecule has 0 saturated carbocycles. The van der Waals surface area contributed by atoms with E-state index in [1.807, 2.05) is 22.6 Å². The van der Waals surface area contributed by atoms with Gasteiger partial charge in [0.15, 0.2) is 0 Å². The van der Waals surface area contributed by atoms with Crippen molar-refractivity contribution in [2.45, 2.75) is 19.8 Å². The summed E-state index contributed by atoms with van der Waals surface area (Å²) < 4.78 is 25.4. The fraction of sp³-hybridized carbons (Fsp3) is 0.333. The fourth-order valence-corrected chi connectivity index (χ4v) is 1.59. The van der Waals surface area contributed by atoms with Crippen molar-refractivity contribution in [1.29, 1.82) is 0 Å². The lowest BCUT2D eigenvalue weighted by atomic mass is 10.2. The number of hydrogen-bond donors (Lipinski definition) is 1. The number of halogens is 3. The summed E-state index contributed by atoms with van der Waals surface area (Å²) >= 11 is 1.91. The van der Waals surface area contributed by atoms with Crippen LogP contribution in [0.4, 0.5) is 8.78 Å². The molecular weight excluding hydrogens is 319 g/mol. The maximum atomic E-state index is 12.4. The molecular formula is C9H8F2INO2. The minimum atomic E-state index is -2.67. The van der Waals surface area contributed by atoms with Crippen molar-refractivity contribution < 1.29 is 18.7 Å². The number of aryl methyl sites for hydroxylation is 1. The third-order valence-corrected chi connectivity index (χ3v) is 3.24. The number of rotatable bonds is 3. The highest BCUT2D eigenvalue weighted by atomic mass is 127. The summed E-state index contributed by atoms with van der Waals surface area (Å²) in [5, 5.41) is 8.58. The maximum Gasteiger partial charge on any atom is 0.309 e. The molecule has 1 rings (SSSR count). The van der Waals surface area contributed by atoms with E-state index in [-0.39, 0.29) is 17.8 Å². The summed E-state index contributed by atoms with van der Waals surface area (Å²) in [6.45, 7) is 1.65. The van der Waals surface area contributed by atoms with E-state index in [1.165, 1.54) is 6.07 Å². The van der Waals surface area contributed by atoms with Crippen LogP contribution in [0, 0.1) is 10.5 Å². The third kappa shape index (κ3) is 3.08. The number of carboxylic acids is 1. The van der Waals surface area contributed by atoms with Gasteiger partial charge in [0, 0.05) is 3.57 Å². The van der Waals surface area contributed by atoms with Crippen molar-refractivity contribution in [2.24, 2.45) is 0 Å². The Kier molecular flexibility index (Phi) is 3.95. The lowest BCUT2D eigenvalue weighted by Crippen LogP contribution is -2.08. The summed E-state index contributed by atoms with van der Waals surface area (Å²) in [5.41, 5.74) is 0.444. The first kappa shape index (κ1) is 12.3. The van der Waals surface area contributed by atoms with Gasteiger partial charge in [-0.25, -0.2) is 8.78 Å². The van der Waals surface area contributed by atoms with Crippen molar-refractivity contribution in [3.05, 3.63) is 26.6 Å². The fourth-order valence-electron chi connectivity index (χ4n) is 1.12. The van der Waals surface area contributed by atoms with Gasteiger partial charge in [0.1, 0.15) is 5.69 Å². The highest BCUT2D eigenvalue weighted by molar-refractivity contribution is 14.1. The first-order valence-electron chi connectivity index (χ1n) is 4.07. The molecule has 6 heteroatoms. The zero-order valence-electron chi connectivity index (χ0n) is 7.80. The van der Waals surface area contributed by atoms with Gasteiger partial charge in [0.25, 0.3) is 6.43 Å². The number of alkyl halides is 2. The van der Waals surface area contributed by atoms with E-state index in [0.29, 0.717) is 9.13 Å². The quantitative estimate of drug-likeness (QED) is 0.868. The predicted molar refractivity (Wildman–Crippen MR) is 58.0 cm³/mol. The molecule has 3 nitrogen and oxygen atoms in total. The van der Waals surface area contributed by atoms with E-state index in [1.54, 1.807) is 6.92 Å². The molecule has 15 heavy (non-hydrogen) atoms. The third-order valence-electron chi connectivity index (χ3n) is 1.77. The first-order chi connectivity index (χ1) is 6.91. The van der Waals surface area contributed by atoms with Crippen LogP contribution in [-0.4, -0.2) is 16.1 Å². The predicted octanol–water partition coefficient (Wildman–Crippen LogP) is 2.56. The van der Waals surface area contributed by atoms with Crippen LogP contribution in [0.5, 0.6) is 0 Å². The second-order valence-corrected chi connectivity index (χ2v) is 4.07. The molecule has 82 valence electrons. The molecule has 0 bridgehead atoms. The van der Waals surface area contributed by atoms with Crippen LogP contribution < -0.4 is 0 Å². The molecule has 0 aliphatic carbocycles. The van der Waals surface area contributed by atoms with Crippen molar-refractivity contribution in [3.63, 3.8) is 0 Å². The molecule has 0 amide bonds. The summed E-state index contributed by atoms with van der Waals surface area (Å²) in [4.78, 5) is 14.1. The summed E-state index contributed by atoms with van der Waals surface area (Å²) in [5.74, 6) is -1.08. The molecule has 0 aliphatic heterocycles. The number of carbonyl (C=O) groups is 1. The molecule has 1 heterocycles. The molecule has 0 atom stereocenters. The molecule has 0 spiro atoms. The molecule has 0 aliphatic rings. The number of aliphatic carboxylic acids is 1. The smallest absolute Gasteiger partial charge is 0.309 e. The van der Waals surface area contributed by atoms with E-state index < -0.39 is 12.4 Å². The Bertz CT molecular complexity index is 396. The van der Waals surface area contributed by atoms with Crippen molar-refractivity contribution in [2.75, 3.05) is 0 Å². The van der Waals surface area contributed by atoms with Crippen LogP contribution in [0.1, 0.15) is 23.4 Å². The minimum absolute atomic E-state index is 0.193. The number of carboxylic acid groups (broad SMARTS) is 1. The monoisotopic (exact) mass is 327 g/mol. The minimum Gasteiger partial charge on any atom is -0.481 e.